The van der Waals surface area contributed by atoms with Crippen molar-refractivity contribution < 1.29 is 9.52 Å². The predicted molar refractivity (Wildman–Crippen MR) is 51.4 cm³/mol. The first kappa shape index (κ1) is 10.3. The molecule has 0 radical (unpaired) electrons. The van der Waals surface area contributed by atoms with E-state index < -0.39 is 0 Å². The lowest BCUT2D eigenvalue weighted by atomic mass is 10.1. The molecule has 3 N–H and O–H groups in total. The maximum Gasteiger partial charge on any atom is 0.104 e. The minimum Gasteiger partial charge on any atom is -0.466 e. The van der Waals surface area contributed by atoms with E-state index in [9.17, 15) is 0 Å². The van der Waals surface area contributed by atoms with Crippen LogP contribution in [0.3, 0.4) is 0 Å². The number of nitrogens with two attached hydrogens (primary N) is 1. The van der Waals surface area contributed by atoms with E-state index >= 15 is 0 Å². The highest BCUT2D eigenvalue weighted by atomic mass is 16.3. The molecule has 0 aromatic carbocycles. The zero-order chi connectivity index (χ0) is 9.68. The van der Waals surface area contributed by atoms with Crippen molar-refractivity contribution in [3.05, 3.63) is 23.7 Å². The summed E-state index contributed by atoms with van der Waals surface area (Å²) in [5.41, 5.74) is 5.47. The Balaban J connectivity index is 2.52. The fraction of sp³-hybridized carbons (Fsp3) is 0.600. The lowest BCUT2D eigenvalue weighted by Gasteiger charge is -2.08. The second-order valence-electron chi connectivity index (χ2n) is 3.21. The smallest absolute Gasteiger partial charge is 0.104 e. The van der Waals surface area contributed by atoms with Crippen molar-refractivity contribution >= 4 is 0 Å². The quantitative estimate of drug-likeness (QED) is 0.714. The van der Waals surface area contributed by atoms with Crippen molar-refractivity contribution in [3.8, 4) is 0 Å². The van der Waals surface area contributed by atoms with Gasteiger partial charge in [-0.1, -0.05) is 6.92 Å². The maximum absolute atomic E-state index is 8.93. The Labute approximate surface area is 78.5 Å². The van der Waals surface area contributed by atoms with Crippen LogP contribution in [0.15, 0.2) is 16.5 Å². The number of hydrogen-bond donors (Lipinski definition) is 2. The number of aryl methyl sites for hydroxylation is 1. The summed E-state index contributed by atoms with van der Waals surface area (Å²) in [7, 11) is 0. The highest BCUT2D eigenvalue weighted by molar-refractivity contribution is 5.07. The number of aliphatic hydroxyl groups is 1. The van der Waals surface area contributed by atoms with Gasteiger partial charge in [-0.15, -0.1) is 0 Å². The minimum atomic E-state index is 0.121. The molecule has 0 bridgehead atoms. The third kappa shape index (κ3) is 2.86. The fourth-order valence-electron chi connectivity index (χ4n) is 1.23. The molecule has 3 heteroatoms. The molecule has 1 aromatic heterocycles. The molecule has 3 nitrogen and oxygen atoms in total. The molecule has 0 saturated carbocycles. The Hall–Kier alpha value is -0.800. The van der Waals surface area contributed by atoms with Gasteiger partial charge in [0.15, 0.2) is 0 Å². The molecule has 1 rings (SSSR count). The first-order valence-electron chi connectivity index (χ1n) is 4.68. The lowest BCUT2D eigenvalue weighted by Crippen LogP contribution is -2.20. The van der Waals surface area contributed by atoms with Gasteiger partial charge in [0.05, 0.1) is 0 Å². The first-order chi connectivity index (χ1) is 6.30. The van der Waals surface area contributed by atoms with Crippen LogP contribution in [0.1, 0.15) is 18.4 Å². The third-order valence-electron chi connectivity index (χ3n) is 2.15. The van der Waals surface area contributed by atoms with Crippen LogP contribution in [-0.2, 0) is 12.8 Å². The van der Waals surface area contributed by atoms with Crippen molar-refractivity contribution in [2.75, 3.05) is 13.2 Å². The van der Waals surface area contributed by atoms with E-state index in [1.807, 2.05) is 12.1 Å². The Morgan fingerprint density at radius 2 is 2.15 bits per heavy atom. The van der Waals surface area contributed by atoms with Crippen molar-refractivity contribution in [3.63, 3.8) is 0 Å². The SMILES string of the molecule is CCc1ccc(CC(CN)CO)o1. The summed E-state index contributed by atoms with van der Waals surface area (Å²) in [6.45, 7) is 2.67. The van der Waals surface area contributed by atoms with Crippen LogP contribution in [0, 0.1) is 5.92 Å². The molecule has 0 saturated heterocycles. The zero-order valence-corrected chi connectivity index (χ0v) is 7.99. The summed E-state index contributed by atoms with van der Waals surface area (Å²) < 4.78 is 5.50. The highest BCUT2D eigenvalue weighted by Crippen LogP contribution is 2.12. The molecule has 0 aliphatic carbocycles. The summed E-state index contributed by atoms with van der Waals surface area (Å²) in [6, 6.07) is 3.93. The molecule has 0 spiro atoms. The standard InChI is InChI=1S/C10H17NO2/c1-2-9-3-4-10(13-9)5-8(6-11)7-12/h3-4,8,12H,2,5-7,11H2,1H3. The molecule has 1 heterocycles. The molecule has 13 heavy (non-hydrogen) atoms. The molecule has 0 aliphatic heterocycles. The van der Waals surface area contributed by atoms with Crippen LogP contribution in [-0.4, -0.2) is 18.3 Å². The molecule has 0 fully saturated rings. The van der Waals surface area contributed by atoms with Gasteiger partial charge in [0.1, 0.15) is 11.5 Å². The van der Waals surface area contributed by atoms with E-state index in [4.69, 9.17) is 15.3 Å². The van der Waals surface area contributed by atoms with Gasteiger partial charge in [0.2, 0.25) is 0 Å². The van der Waals surface area contributed by atoms with E-state index in [0.717, 1.165) is 24.4 Å². The third-order valence-corrected chi connectivity index (χ3v) is 2.15. The van der Waals surface area contributed by atoms with E-state index in [-0.39, 0.29) is 12.5 Å². The molecule has 0 aliphatic rings. The average Bonchev–Trinajstić information content (AvgIpc) is 2.61. The Kier molecular flexibility index (Phi) is 3.99. The molecular formula is C10H17NO2. The van der Waals surface area contributed by atoms with Gasteiger partial charge >= 0.3 is 0 Å². The van der Waals surface area contributed by atoms with Crippen molar-refractivity contribution in [2.45, 2.75) is 19.8 Å². The van der Waals surface area contributed by atoms with Gasteiger partial charge in [0, 0.05) is 25.4 Å². The van der Waals surface area contributed by atoms with Crippen molar-refractivity contribution in [2.24, 2.45) is 11.7 Å². The molecule has 1 atom stereocenters. The summed E-state index contributed by atoms with van der Waals surface area (Å²) in [5, 5.41) is 8.93. The van der Waals surface area contributed by atoms with Gasteiger partial charge in [-0.25, -0.2) is 0 Å². The summed E-state index contributed by atoms with van der Waals surface area (Å²) in [4.78, 5) is 0. The summed E-state index contributed by atoms with van der Waals surface area (Å²) >= 11 is 0. The monoisotopic (exact) mass is 183 g/mol. The van der Waals surface area contributed by atoms with E-state index in [1.165, 1.54) is 0 Å². The van der Waals surface area contributed by atoms with Crippen LogP contribution in [0.4, 0.5) is 0 Å². The topological polar surface area (TPSA) is 59.4 Å². The molecule has 0 amide bonds. The van der Waals surface area contributed by atoms with E-state index in [0.29, 0.717) is 6.54 Å². The highest BCUT2D eigenvalue weighted by Gasteiger charge is 2.09. The van der Waals surface area contributed by atoms with Crippen molar-refractivity contribution in [1.29, 1.82) is 0 Å². The minimum absolute atomic E-state index is 0.121. The van der Waals surface area contributed by atoms with E-state index in [2.05, 4.69) is 6.92 Å². The number of hydrogen-bond acceptors (Lipinski definition) is 3. The van der Waals surface area contributed by atoms with Gasteiger partial charge in [-0.2, -0.15) is 0 Å². The lowest BCUT2D eigenvalue weighted by molar-refractivity contribution is 0.223. The van der Waals surface area contributed by atoms with Crippen molar-refractivity contribution in [1.82, 2.24) is 0 Å². The molecule has 1 unspecified atom stereocenters. The summed E-state index contributed by atoms with van der Waals surface area (Å²) in [5.74, 6) is 2.03. The number of rotatable bonds is 5. The molecule has 1 aromatic rings. The van der Waals surface area contributed by atoms with Crippen LogP contribution in [0.2, 0.25) is 0 Å². The average molecular weight is 183 g/mol. The Morgan fingerprint density at radius 1 is 1.46 bits per heavy atom. The van der Waals surface area contributed by atoms with Gasteiger partial charge in [-0.05, 0) is 18.7 Å². The summed E-state index contributed by atoms with van der Waals surface area (Å²) in [6.07, 6.45) is 1.64. The Bertz CT molecular complexity index is 241. The molecular weight excluding hydrogens is 166 g/mol. The van der Waals surface area contributed by atoms with Gasteiger partial charge in [-0.3, -0.25) is 0 Å². The molecule has 74 valence electrons. The first-order valence-corrected chi connectivity index (χ1v) is 4.68. The number of furan rings is 1. The van der Waals surface area contributed by atoms with Gasteiger partial charge < -0.3 is 15.3 Å². The second kappa shape index (κ2) is 5.04. The van der Waals surface area contributed by atoms with Crippen LogP contribution in [0.25, 0.3) is 0 Å². The van der Waals surface area contributed by atoms with E-state index in [1.54, 1.807) is 0 Å². The fourth-order valence-corrected chi connectivity index (χ4v) is 1.23. The predicted octanol–water partition coefficient (Wildman–Crippen LogP) is 0.952. The number of aliphatic hydroxyl groups excluding tert-OH is 1. The van der Waals surface area contributed by atoms with Crippen LogP contribution >= 0.6 is 0 Å². The van der Waals surface area contributed by atoms with Gasteiger partial charge in [0.25, 0.3) is 0 Å². The zero-order valence-electron chi connectivity index (χ0n) is 7.99. The normalized spacial score (nSPS) is 13.2. The Morgan fingerprint density at radius 3 is 2.62 bits per heavy atom. The van der Waals surface area contributed by atoms with Crippen LogP contribution in [0.5, 0.6) is 0 Å². The largest absolute Gasteiger partial charge is 0.466 e. The second-order valence-corrected chi connectivity index (χ2v) is 3.21. The van der Waals surface area contributed by atoms with Crippen LogP contribution < -0.4 is 5.73 Å². The maximum atomic E-state index is 8.93.